The zero-order valence-corrected chi connectivity index (χ0v) is 14.5. The molecule has 5 nitrogen and oxygen atoms in total. The predicted octanol–water partition coefficient (Wildman–Crippen LogP) is 3.67. The number of carbonyl (C=O) groups excluding carboxylic acids is 2. The van der Waals surface area contributed by atoms with Crippen LogP contribution in [0.2, 0.25) is 0 Å². The first-order chi connectivity index (χ1) is 12.0. The van der Waals surface area contributed by atoms with Crippen molar-refractivity contribution in [3.05, 3.63) is 53.6 Å². The Hall–Kier alpha value is -2.82. The molecule has 1 aliphatic rings. The van der Waals surface area contributed by atoms with Gasteiger partial charge in [-0.25, -0.2) is 0 Å². The number of aryl methyl sites for hydroxylation is 2. The minimum absolute atomic E-state index is 0.0529. The number of benzene rings is 2. The van der Waals surface area contributed by atoms with Gasteiger partial charge >= 0.3 is 0 Å². The van der Waals surface area contributed by atoms with Gasteiger partial charge in [0, 0.05) is 17.3 Å². The van der Waals surface area contributed by atoms with E-state index in [4.69, 9.17) is 4.74 Å². The maximum atomic E-state index is 12.0. The Morgan fingerprint density at radius 1 is 0.960 bits per heavy atom. The van der Waals surface area contributed by atoms with Crippen LogP contribution in [-0.4, -0.2) is 18.4 Å². The molecule has 3 rings (SSSR count). The number of hydrogen-bond donors (Lipinski definition) is 2. The lowest BCUT2D eigenvalue weighted by atomic mass is 10.1. The number of hydrogen-bond acceptors (Lipinski definition) is 3. The van der Waals surface area contributed by atoms with Gasteiger partial charge in [0.1, 0.15) is 5.75 Å². The fourth-order valence-electron chi connectivity index (χ4n) is 2.38. The summed E-state index contributed by atoms with van der Waals surface area (Å²) in [5.74, 6) is 0.685. The van der Waals surface area contributed by atoms with Crippen molar-refractivity contribution in [3.8, 4) is 5.75 Å². The van der Waals surface area contributed by atoms with Crippen LogP contribution in [0.25, 0.3) is 0 Å². The molecule has 0 aliphatic heterocycles. The number of ether oxygens (including phenoxy) is 1. The fraction of sp³-hybridized carbons (Fsp3) is 0.300. The van der Waals surface area contributed by atoms with E-state index in [1.165, 1.54) is 5.56 Å². The first kappa shape index (κ1) is 17.0. The second-order valence-electron chi connectivity index (χ2n) is 6.42. The summed E-state index contributed by atoms with van der Waals surface area (Å²) in [5, 5.41) is 5.64. The van der Waals surface area contributed by atoms with Crippen LogP contribution >= 0.6 is 0 Å². The van der Waals surface area contributed by atoms with Gasteiger partial charge in [0.25, 0.3) is 5.91 Å². The minimum Gasteiger partial charge on any atom is -0.484 e. The summed E-state index contributed by atoms with van der Waals surface area (Å²) in [7, 11) is 0. The summed E-state index contributed by atoms with van der Waals surface area (Å²) < 4.78 is 5.52. The molecule has 1 saturated carbocycles. The van der Waals surface area contributed by atoms with Crippen LogP contribution in [-0.2, 0) is 9.59 Å². The van der Waals surface area contributed by atoms with Gasteiger partial charge in [-0.3, -0.25) is 9.59 Å². The summed E-state index contributed by atoms with van der Waals surface area (Å²) in [6.45, 7) is 3.98. The molecule has 0 spiro atoms. The smallest absolute Gasteiger partial charge is 0.262 e. The van der Waals surface area contributed by atoms with Gasteiger partial charge in [-0.05, 0) is 74.2 Å². The highest BCUT2D eigenvalue weighted by molar-refractivity contribution is 5.95. The number of anilines is 2. The van der Waals surface area contributed by atoms with E-state index in [1.54, 1.807) is 24.3 Å². The number of nitrogens with one attached hydrogen (secondary N) is 2. The van der Waals surface area contributed by atoms with E-state index in [9.17, 15) is 9.59 Å². The normalized spacial score (nSPS) is 13.2. The van der Waals surface area contributed by atoms with Gasteiger partial charge in [0.05, 0.1) is 0 Å². The van der Waals surface area contributed by atoms with E-state index in [0.717, 1.165) is 24.1 Å². The molecule has 25 heavy (non-hydrogen) atoms. The Morgan fingerprint density at radius 2 is 1.60 bits per heavy atom. The Balaban J connectivity index is 1.48. The van der Waals surface area contributed by atoms with Crippen molar-refractivity contribution in [2.75, 3.05) is 17.2 Å². The van der Waals surface area contributed by atoms with Crippen molar-refractivity contribution in [1.82, 2.24) is 0 Å². The molecule has 0 bridgehead atoms. The molecule has 0 atom stereocenters. The lowest BCUT2D eigenvalue weighted by molar-refractivity contribution is -0.118. The van der Waals surface area contributed by atoms with E-state index >= 15 is 0 Å². The number of rotatable bonds is 6. The molecular weight excluding hydrogens is 316 g/mol. The monoisotopic (exact) mass is 338 g/mol. The van der Waals surface area contributed by atoms with Crippen LogP contribution in [0, 0.1) is 19.8 Å². The van der Waals surface area contributed by atoms with E-state index in [0.29, 0.717) is 11.4 Å². The van der Waals surface area contributed by atoms with Gasteiger partial charge in [-0.2, -0.15) is 0 Å². The number of carbonyl (C=O) groups is 2. The second kappa shape index (κ2) is 7.38. The lowest BCUT2D eigenvalue weighted by Crippen LogP contribution is -2.20. The third-order valence-electron chi connectivity index (χ3n) is 4.23. The molecule has 130 valence electrons. The highest BCUT2D eigenvalue weighted by atomic mass is 16.5. The Labute approximate surface area is 147 Å². The zero-order chi connectivity index (χ0) is 17.8. The van der Waals surface area contributed by atoms with Crippen LogP contribution in [0.3, 0.4) is 0 Å². The van der Waals surface area contributed by atoms with Crippen LogP contribution in [0.4, 0.5) is 11.4 Å². The van der Waals surface area contributed by atoms with Gasteiger partial charge < -0.3 is 15.4 Å². The second-order valence-corrected chi connectivity index (χ2v) is 6.42. The maximum Gasteiger partial charge on any atom is 0.262 e. The molecule has 2 N–H and O–H groups in total. The third kappa shape index (κ3) is 4.83. The predicted molar refractivity (Wildman–Crippen MR) is 97.8 cm³/mol. The van der Waals surface area contributed by atoms with Crippen molar-refractivity contribution in [2.45, 2.75) is 26.7 Å². The molecule has 1 fully saturated rings. The van der Waals surface area contributed by atoms with Crippen molar-refractivity contribution in [2.24, 2.45) is 5.92 Å². The maximum absolute atomic E-state index is 12.0. The van der Waals surface area contributed by atoms with Crippen molar-refractivity contribution >= 4 is 23.2 Å². The molecule has 2 amide bonds. The standard InChI is InChI=1S/C20H22N2O3/c1-13-3-10-18(11-14(13)2)25-12-19(23)21-16-6-8-17(9-7-16)22-20(24)15-4-5-15/h3,6-11,15H,4-5,12H2,1-2H3,(H,21,23)(H,22,24). The SMILES string of the molecule is Cc1ccc(OCC(=O)Nc2ccc(NC(=O)C3CC3)cc2)cc1C. The summed E-state index contributed by atoms with van der Waals surface area (Å²) in [5.41, 5.74) is 3.71. The third-order valence-corrected chi connectivity index (χ3v) is 4.23. The van der Waals surface area contributed by atoms with Gasteiger partial charge in [-0.15, -0.1) is 0 Å². The van der Waals surface area contributed by atoms with Crippen LogP contribution in [0.5, 0.6) is 5.75 Å². The zero-order valence-electron chi connectivity index (χ0n) is 14.5. The van der Waals surface area contributed by atoms with Crippen LogP contribution in [0.1, 0.15) is 24.0 Å². The average molecular weight is 338 g/mol. The van der Waals surface area contributed by atoms with E-state index in [1.807, 2.05) is 32.0 Å². The van der Waals surface area contributed by atoms with Crippen molar-refractivity contribution in [3.63, 3.8) is 0 Å². The summed E-state index contributed by atoms with van der Waals surface area (Å²) in [6, 6.07) is 12.8. The van der Waals surface area contributed by atoms with Crippen LogP contribution < -0.4 is 15.4 Å². The minimum atomic E-state index is -0.229. The van der Waals surface area contributed by atoms with Gasteiger partial charge in [0.15, 0.2) is 6.61 Å². The average Bonchev–Trinajstić information content (AvgIpc) is 3.43. The molecular formula is C20H22N2O3. The lowest BCUT2D eigenvalue weighted by Gasteiger charge is -2.10. The highest BCUT2D eigenvalue weighted by Gasteiger charge is 2.29. The van der Waals surface area contributed by atoms with E-state index < -0.39 is 0 Å². The van der Waals surface area contributed by atoms with Crippen molar-refractivity contribution in [1.29, 1.82) is 0 Å². The molecule has 5 heteroatoms. The van der Waals surface area contributed by atoms with Crippen LogP contribution in [0.15, 0.2) is 42.5 Å². The molecule has 0 radical (unpaired) electrons. The Kier molecular flexibility index (Phi) is 5.03. The van der Waals surface area contributed by atoms with E-state index in [2.05, 4.69) is 10.6 Å². The quantitative estimate of drug-likeness (QED) is 0.844. The topological polar surface area (TPSA) is 67.4 Å². The fourth-order valence-corrected chi connectivity index (χ4v) is 2.38. The Bertz CT molecular complexity index is 780. The first-order valence-corrected chi connectivity index (χ1v) is 8.42. The molecule has 0 unspecified atom stereocenters. The first-order valence-electron chi connectivity index (χ1n) is 8.42. The summed E-state index contributed by atoms with van der Waals surface area (Å²) in [4.78, 5) is 23.7. The van der Waals surface area contributed by atoms with E-state index in [-0.39, 0.29) is 24.3 Å². The molecule has 0 aromatic heterocycles. The molecule has 2 aromatic carbocycles. The van der Waals surface area contributed by atoms with Gasteiger partial charge in [-0.1, -0.05) is 6.07 Å². The van der Waals surface area contributed by atoms with Crippen molar-refractivity contribution < 1.29 is 14.3 Å². The number of amides is 2. The molecule has 0 saturated heterocycles. The molecule has 0 heterocycles. The van der Waals surface area contributed by atoms with Gasteiger partial charge in [0.2, 0.25) is 5.91 Å². The summed E-state index contributed by atoms with van der Waals surface area (Å²) in [6.07, 6.45) is 1.95. The Morgan fingerprint density at radius 3 is 2.20 bits per heavy atom. The molecule has 1 aliphatic carbocycles. The molecule has 2 aromatic rings. The highest BCUT2D eigenvalue weighted by Crippen LogP contribution is 2.30. The summed E-state index contributed by atoms with van der Waals surface area (Å²) >= 11 is 0. The largest absolute Gasteiger partial charge is 0.484 e.